The molecule has 0 aromatic rings. The van der Waals surface area contributed by atoms with Crippen LogP contribution in [0.15, 0.2) is 24.3 Å². The van der Waals surface area contributed by atoms with Gasteiger partial charge in [-0.15, -0.1) is 0 Å². The lowest BCUT2D eigenvalue weighted by molar-refractivity contribution is 0.0603. The number of hydrogen-bond acceptors (Lipinski definition) is 10. The fourth-order valence-electron chi connectivity index (χ4n) is 22.4. The van der Waals surface area contributed by atoms with Crippen LogP contribution < -0.4 is 53.2 Å². The van der Waals surface area contributed by atoms with Gasteiger partial charge in [-0.25, -0.2) is 0 Å². The summed E-state index contributed by atoms with van der Waals surface area (Å²) in [7, 11) is 0. The van der Waals surface area contributed by atoms with Gasteiger partial charge in [-0.1, -0.05) is 127 Å². The Labute approximate surface area is 585 Å². The predicted octanol–water partition coefficient (Wildman–Crippen LogP) is 16.8. The van der Waals surface area contributed by atoms with Crippen molar-refractivity contribution in [3.05, 3.63) is 24.3 Å². The molecule has 20 fully saturated rings. The molecule has 10 aliphatic heterocycles. The van der Waals surface area contributed by atoms with Crippen molar-refractivity contribution in [1.29, 1.82) is 0 Å². The van der Waals surface area contributed by atoms with E-state index >= 15 is 0 Å². The summed E-state index contributed by atoms with van der Waals surface area (Å²) in [6.07, 6.45) is 85.6. The Morgan fingerprint density at radius 1 is 0.179 bits per heavy atom. The fraction of sp³-hybridized carbons (Fsp3) is 0.953. The minimum atomic E-state index is 0.608. The lowest BCUT2D eigenvalue weighted by atomic mass is 9.65. The summed E-state index contributed by atoms with van der Waals surface area (Å²) < 4.78 is 0. The first-order chi connectivity index (χ1) is 46.6. The minimum absolute atomic E-state index is 0.608. The molecule has 10 saturated carbocycles. The summed E-state index contributed by atoms with van der Waals surface area (Å²) in [5, 5.41) is 34.6. The number of piperidine rings is 2. The van der Waals surface area contributed by atoms with Crippen molar-refractivity contribution in [1.82, 2.24) is 53.2 Å². The van der Waals surface area contributed by atoms with Crippen molar-refractivity contribution in [2.45, 2.75) is 345 Å². The van der Waals surface area contributed by atoms with E-state index in [2.05, 4.69) is 77.5 Å². The van der Waals surface area contributed by atoms with Crippen LogP contribution in [-0.4, -0.2) is 129 Å². The van der Waals surface area contributed by atoms with Gasteiger partial charge in [0.2, 0.25) is 0 Å². The molecular weight excluding hydrogens is 1160 g/mol. The zero-order valence-electron chi connectivity index (χ0n) is 62.3. The highest BCUT2D eigenvalue weighted by Crippen LogP contribution is 2.51. The summed E-state index contributed by atoms with van der Waals surface area (Å²) in [4.78, 5) is 0. The third kappa shape index (κ3) is 20.7. The Hall–Kier alpha value is -0.920. The van der Waals surface area contributed by atoms with E-state index in [0.29, 0.717) is 16.5 Å². The van der Waals surface area contributed by atoms with Gasteiger partial charge in [0.05, 0.1) is 0 Å². The van der Waals surface area contributed by atoms with Gasteiger partial charge in [-0.05, 0) is 326 Å². The molecule has 0 bridgehead atoms. The van der Waals surface area contributed by atoms with Crippen LogP contribution in [0.5, 0.6) is 0 Å². The average molecular weight is 1320 g/mol. The highest BCUT2D eigenvalue weighted by molar-refractivity contribution is 5.11. The van der Waals surface area contributed by atoms with E-state index in [1.807, 2.05) is 0 Å². The van der Waals surface area contributed by atoms with Gasteiger partial charge in [-0.3, -0.25) is 0 Å². The molecule has 10 heterocycles. The molecule has 11 spiro atoms. The summed E-state index contributed by atoms with van der Waals surface area (Å²) in [6.45, 7) is 23.3. The third-order valence-electron chi connectivity index (χ3n) is 31.0. The maximum Gasteiger partial charge on any atom is 0.0182 e. The number of nitrogens with one attached hydrogen (secondary N) is 10. The van der Waals surface area contributed by atoms with Crippen LogP contribution in [0.3, 0.4) is 0 Å². The second-order valence-electron chi connectivity index (χ2n) is 38.0. The van der Waals surface area contributed by atoms with Crippen LogP contribution in [0.1, 0.15) is 334 Å². The van der Waals surface area contributed by atoms with Crippen LogP contribution in [0.2, 0.25) is 0 Å². The quantitative estimate of drug-likeness (QED) is 0.107. The Morgan fingerprint density at radius 2 is 0.463 bits per heavy atom. The molecule has 10 nitrogen and oxygen atoms in total. The molecule has 0 unspecified atom stereocenters. The van der Waals surface area contributed by atoms with E-state index in [1.54, 1.807) is 0 Å². The maximum absolute atomic E-state index is 3.73. The molecule has 0 atom stereocenters. The van der Waals surface area contributed by atoms with Gasteiger partial charge >= 0.3 is 0 Å². The molecule has 0 amide bonds. The Bertz CT molecular complexity index is 2000. The van der Waals surface area contributed by atoms with E-state index in [0.717, 1.165) is 43.3 Å². The predicted molar refractivity (Wildman–Crippen MR) is 405 cm³/mol. The van der Waals surface area contributed by atoms with E-state index in [4.69, 9.17) is 0 Å². The summed E-state index contributed by atoms with van der Waals surface area (Å²) in [5.74, 6) is 0. The van der Waals surface area contributed by atoms with E-state index in [9.17, 15) is 0 Å². The first kappa shape index (κ1) is 73.8. The maximum atomic E-state index is 3.73. The molecule has 22 rings (SSSR count). The number of hydrogen-bond donors (Lipinski definition) is 10. The molecule has 0 aromatic heterocycles. The molecule has 0 radical (unpaired) electrons. The van der Waals surface area contributed by atoms with E-state index in [-0.39, 0.29) is 0 Å². The molecule has 22 aliphatic rings. The first-order valence-corrected chi connectivity index (χ1v) is 43.0. The molecule has 95 heavy (non-hydrogen) atoms. The van der Waals surface area contributed by atoms with Crippen molar-refractivity contribution < 1.29 is 0 Å². The third-order valence-corrected chi connectivity index (χ3v) is 31.0. The highest BCUT2D eigenvalue weighted by Gasteiger charge is 2.45. The van der Waals surface area contributed by atoms with Gasteiger partial charge in [0.15, 0.2) is 0 Å². The summed E-state index contributed by atoms with van der Waals surface area (Å²) >= 11 is 0. The largest absolute Gasteiger partial charge is 0.316 e. The molecular formula is C85H154N10. The monoisotopic (exact) mass is 1320 g/mol. The van der Waals surface area contributed by atoms with Crippen LogP contribution in [-0.2, 0) is 0 Å². The van der Waals surface area contributed by atoms with Gasteiger partial charge in [0.1, 0.15) is 0 Å². The first-order valence-electron chi connectivity index (χ1n) is 43.0. The highest BCUT2D eigenvalue weighted by atomic mass is 15.0. The zero-order valence-corrected chi connectivity index (χ0v) is 62.3. The van der Waals surface area contributed by atoms with Gasteiger partial charge in [0, 0.05) is 83.1 Å². The number of rotatable bonds is 0. The van der Waals surface area contributed by atoms with Crippen molar-refractivity contribution in [2.75, 3.05) is 118 Å². The van der Waals surface area contributed by atoms with Crippen LogP contribution >= 0.6 is 0 Å². The second-order valence-corrected chi connectivity index (χ2v) is 38.0. The van der Waals surface area contributed by atoms with Crippen LogP contribution in [0.25, 0.3) is 0 Å². The van der Waals surface area contributed by atoms with Gasteiger partial charge < -0.3 is 53.2 Å². The van der Waals surface area contributed by atoms with E-state index < -0.39 is 0 Å². The topological polar surface area (TPSA) is 120 Å². The lowest BCUT2D eigenvalue weighted by Gasteiger charge is -2.49. The van der Waals surface area contributed by atoms with Crippen LogP contribution in [0, 0.1) is 48.7 Å². The SMILES string of the molecule is C1=CC2(CC1)CCC2.C1=CCC2(C1)CCNC2.C1CC2(C1)CCNC2.C1CC2(C1)CNC2.C1CC2(C1)CNC2.C1CCC2(C1)CCNC2.C1CCC2(C1)CNC2.C1CCC2(CC1)CCCCN2.C1CCC2(CCCC2)CNC1.C1CNC2(C1)CCC2.C1CNCC2(C1)CCC2. The molecule has 544 valence electrons. The summed E-state index contributed by atoms with van der Waals surface area (Å²) in [6, 6.07) is 0. The van der Waals surface area contributed by atoms with Crippen molar-refractivity contribution in [3.8, 4) is 0 Å². The van der Waals surface area contributed by atoms with Crippen molar-refractivity contribution in [2.24, 2.45) is 48.7 Å². The van der Waals surface area contributed by atoms with Crippen LogP contribution in [0.4, 0.5) is 0 Å². The second kappa shape index (κ2) is 35.5. The molecule has 0 aromatic carbocycles. The minimum Gasteiger partial charge on any atom is -0.316 e. The van der Waals surface area contributed by atoms with Gasteiger partial charge in [-0.2, -0.15) is 0 Å². The zero-order chi connectivity index (χ0) is 64.9. The fourth-order valence-corrected chi connectivity index (χ4v) is 22.4. The van der Waals surface area contributed by atoms with Crippen molar-refractivity contribution in [3.63, 3.8) is 0 Å². The molecule has 12 aliphatic carbocycles. The van der Waals surface area contributed by atoms with E-state index in [1.165, 1.54) is 452 Å². The Morgan fingerprint density at radius 3 is 0.726 bits per heavy atom. The van der Waals surface area contributed by atoms with Gasteiger partial charge in [0.25, 0.3) is 0 Å². The summed E-state index contributed by atoms with van der Waals surface area (Å²) in [5.41, 5.74) is 8.27. The average Bonchev–Trinajstić information content (AvgIpc) is 1.75. The Kier molecular flexibility index (Phi) is 27.6. The van der Waals surface area contributed by atoms with Crippen molar-refractivity contribution >= 4 is 0 Å². The molecule has 10 N–H and O–H groups in total. The standard InChI is InChI=1S/2C10H19N.2C8H15N.C8H13N.C8H12.3C7H13N.2C6H11N/c1-2-6-10(5-1)7-3-4-8-11-9-10;1-2-6-10(7-3-1)8-4-5-9-11-10;1-3-8(4-1)5-2-6-9-7-8;2*1-2-4-8(3-1)5-6-9-7-8;1-2-5-8(4-1)6-3-7-8;1-3-7(4-1)5-2-6-8-7;1-2-7(3-1)4-5-8-6-7;1-2-4-7(3-1)5-8-6-7;2*1-2-6(3-1)4-7-5-6/h2*11H,1-9H2;2*9H,1-7H2;1-2,9H,3-7H2;1,4H,2-3,5-7H2;3*8H,1-6H2;2*7H,1-5H2. The number of allylic oxidation sites excluding steroid dienone is 4. The normalized spacial score (nSPS) is 32.0. The molecule has 10 heteroatoms. The molecule has 10 saturated heterocycles. The smallest absolute Gasteiger partial charge is 0.0182 e. The Balaban J connectivity index is 0.000000100. The lowest BCUT2D eigenvalue weighted by Crippen LogP contribution is -2.57.